The zero-order valence-electron chi connectivity index (χ0n) is 18.1. The molecule has 1 aromatic carbocycles. The lowest BCUT2D eigenvalue weighted by molar-refractivity contribution is -0.133. The normalized spacial score (nSPS) is 16.4. The number of benzene rings is 1. The summed E-state index contributed by atoms with van der Waals surface area (Å²) in [7, 11) is 0. The van der Waals surface area contributed by atoms with Crippen LogP contribution in [0.4, 0.5) is 0 Å². The molecular weight excluding hydrogens is 396 g/mol. The van der Waals surface area contributed by atoms with Crippen molar-refractivity contribution in [3.8, 4) is 5.75 Å². The standard InChI is InChI=1S/C23H30N4O2S/c1-16-20(17(2)25-23(24-16)30-3)5-7-22(28)27-11-9-26(10-12-27)15-18-4-6-21-19(14-18)8-13-29-21/h4,6,14H,5,7-13,15H2,1-3H3. The Morgan fingerprint density at radius 2 is 1.87 bits per heavy atom. The van der Waals surface area contributed by atoms with Gasteiger partial charge in [-0.3, -0.25) is 9.69 Å². The van der Waals surface area contributed by atoms with Gasteiger partial charge in [0.1, 0.15) is 5.75 Å². The molecule has 6 nitrogen and oxygen atoms in total. The summed E-state index contributed by atoms with van der Waals surface area (Å²) in [6.45, 7) is 9.20. The number of carbonyl (C=O) groups excluding carboxylic acids is 1. The van der Waals surface area contributed by atoms with Gasteiger partial charge in [-0.2, -0.15) is 0 Å². The van der Waals surface area contributed by atoms with Gasteiger partial charge < -0.3 is 9.64 Å². The first-order chi connectivity index (χ1) is 14.5. The Labute approximate surface area is 183 Å². The quantitative estimate of drug-likeness (QED) is 0.523. The van der Waals surface area contributed by atoms with Crippen LogP contribution < -0.4 is 4.74 Å². The minimum absolute atomic E-state index is 0.233. The Morgan fingerprint density at radius 1 is 1.13 bits per heavy atom. The number of aromatic nitrogens is 2. The lowest BCUT2D eigenvalue weighted by Gasteiger charge is -2.35. The maximum atomic E-state index is 12.8. The van der Waals surface area contributed by atoms with Crippen LogP contribution in [0.3, 0.4) is 0 Å². The van der Waals surface area contributed by atoms with Crippen molar-refractivity contribution in [2.24, 2.45) is 0 Å². The second-order valence-corrected chi connectivity index (χ2v) is 8.83. The van der Waals surface area contributed by atoms with Gasteiger partial charge in [-0.05, 0) is 49.3 Å². The van der Waals surface area contributed by atoms with Crippen molar-refractivity contribution in [2.45, 2.75) is 44.8 Å². The molecule has 1 fully saturated rings. The van der Waals surface area contributed by atoms with Crippen LogP contribution >= 0.6 is 11.8 Å². The van der Waals surface area contributed by atoms with Crippen LogP contribution in [-0.2, 0) is 24.2 Å². The molecule has 2 aliphatic rings. The molecule has 0 N–H and O–H groups in total. The van der Waals surface area contributed by atoms with Crippen LogP contribution in [0.2, 0.25) is 0 Å². The minimum Gasteiger partial charge on any atom is -0.493 e. The van der Waals surface area contributed by atoms with E-state index in [2.05, 4.69) is 33.1 Å². The average Bonchev–Trinajstić information content (AvgIpc) is 3.21. The summed E-state index contributed by atoms with van der Waals surface area (Å²) in [5, 5.41) is 0.798. The second kappa shape index (κ2) is 9.35. The van der Waals surface area contributed by atoms with Gasteiger partial charge in [0.15, 0.2) is 5.16 Å². The van der Waals surface area contributed by atoms with Gasteiger partial charge in [-0.25, -0.2) is 9.97 Å². The van der Waals surface area contributed by atoms with E-state index in [1.807, 2.05) is 25.0 Å². The molecule has 0 radical (unpaired) electrons. The average molecular weight is 427 g/mol. The molecule has 0 unspecified atom stereocenters. The zero-order chi connectivity index (χ0) is 21.1. The van der Waals surface area contributed by atoms with E-state index in [0.29, 0.717) is 12.8 Å². The van der Waals surface area contributed by atoms with Crippen molar-refractivity contribution in [1.82, 2.24) is 19.8 Å². The van der Waals surface area contributed by atoms with E-state index in [1.165, 1.54) is 11.1 Å². The summed E-state index contributed by atoms with van der Waals surface area (Å²) in [5.41, 5.74) is 5.74. The van der Waals surface area contributed by atoms with E-state index in [4.69, 9.17) is 4.74 Å². The number of carbonyl (C=O) groups is 1. The van der Waals surface area contributed by atoms with Crippen LogP contribution in [0.1, 0.15) is 34.5 Å². The zero-order valence-corrected chi connectivity index (χ0v) is 18.9. The predicted molar refractivity (Wildman–Crippen MR) is 119 cm³/mol. The third kappa shape index (κ3) is 4.78. The van der Waals surface area contributed by atoms with Crippen molar-refractivity contribution >= 4 is 17.7 Å². The molecule has 1 saturated heterocycles. The SMILES string of the molecule is CSc1nc(C)c(CCC(=O)N2CCN(Cc3ccc4c(c3)CCO4)CC2)c(C)n1. The number of thioether (sulfide) groups is 1. The molecule has 1 amide bonds. The van der Waals surface area contributed by atoms with Gasteiger partial charge in [0.25, 0.3) is 0 Å². The van der Waals surface area contributed by atoms with Crippen molar-refractivity contribution in [2.75, 3.05) is 39.0 Å². The lowest BCUT2D eigenvalue weighted by atomic mass is 10.1. The van der Waals surface area contributed by atoms with Crippen molar-refractivity contribution in [3.05, 3.63) is 46.3 Å². The molecule has 0 spiro atoms. The number of ether oxygens (including phenoxy) is 1. The summed E-state index contributed by atoms with van der Waals surface area (Å²) in [5.74, 6) is 1.27. The fourth-order valence-corrected chi connectivity index (χ4v) is 4.76. The molecule has 3 heterocycles. The Bertz CT molecular complexity index is 902. The molecular formula is C23H30N4O2S. The highest BCUT2D eigenvalue weighted by Crippen LogP contribution is 2.26. The largest absolute Gasteiger partial charge is 0.493 e. The van der Waals surface area contributed by atoms with Gasteiger partial charge >= 0.3 is 0 Å². The Balaban J connectivity index is 1.26. The van der Waals surface area contributed by atoms with Crippen LogP contribution in [0.15, 0.2) is 23.4 Å². The Hall–Kier alpha value is -2.12. The van der Waals surface area contributed by atoms with Gasteiger partial charge in [-0.1, -0.05) is 23.9 Å². The van der Waals surface area contributed by atoms with Gasteiger partial charge in [0.05, 0.1) is 6.61 Å². The minimum atomic E-state index is 0.233. The Morgan fingerprint density at radius 3 is 2.57 bits per heavy atom. The molecule has 0 aliphatic carbocycles. The molecule has 4 rings (SSSR count). The molecule has 30 heavy (non-hydrogen) atoms. The van der Waals surface area contributed by atoms with Crippen LogP contribution in [0.5, 0.6) is 5.75 Å². The number of nitrogens with zero attached hydrogens (tertiary/aromatic N) is 4. The highest BCUT2D eigenvalue weighted by Gasteiger charge is 2.22. The molecule has 1 aromatic heterocycles. The molecule has 0 saturated carbocycles. The smallest absolute Gasteiger partial charge is 0.222 e. The number of aryl methyl sites for hydroxylation is 2. The van der Waals surface area contributed by atoms with E-state index < -0.39 is 0 Å². The number of piperazine rings is 1. The van der Waals surface area contributed by atoms with Crippen LogP contribution in [0, 0.1) is 13.8 Å². The highest BCUT2D eigenvalue weighted by atomic mass is 32.2. The molecule has 0 bridgehead atoms. The molecule has 160 valence electrons. The number of rotatable bonds is 6. The summed E-state index contributed by atoms with van der Waals surface area (Å²) in [6, 6.07) is 6.53. The summed E-state index contributed by atoms with van der Waals surface area (Å²) < 4.78 is 5.60. The van der Waals surface area contributed by atoms with Gasteiger partial charge in [-0.15, -0.1) is 0 Å². The number of fused-ring (bicyclic) bond motifs is 1. The fraction of sp³-hybridized carbons (Fsp3) is 0.522. The van der Waals surface area contributed by atoms with E-state index >= 15 is 0 Å². The first-order valence-corrected chi connectivity index (χ1v) is 11.9. The summed E-state index contributed by atoms with van der Waals surface area (Å²) in [6.07, 6.45) is 4.22. The number of hydrogen-bond acceptors (Lipinski definition) is 6. The van der Waals surface area contributed by atoms with Crippen LogP contribution in [-0.4, -0.2) is 64.7 Å². The maximum absolute atomic E-state index is 12.8. The Kier molecular flexibility index (Phi) is 6.58. The topological polar surface area (TPSA) is 58.6 Å². The number of hydrogen-bond donors (Lipinski definition) is 0. The molecule has 2 aromatic rings. The summed E-state index contributed by atoms with van der Waals surface area (Å²) >= 11 is 1.55. The first kappa shape index (κ1) is 21.1. The molecule has 0 atom stereocenters. The van der Waals surface area contributed by atoms with E-state index in [9.17, 15) is 4.79 Å². The summed E-state index contributed by atoms with van der Waals surface area (Å²) in [4.78, 5) is 26.3. The highest BCUT2D eigenvalue weighted by molar-refractivity contribution is 7.98. The monoisotopic (exact) mass is 426 g/mol. The van der Waals surface area contributed by atoms with Crippen molar-refractivity contribution in [1.29, 1.82) is 0 Å². The maximum Gasteiger partial charge on any atom is 0.222 e. The second-order valence-electron chi connectivity index (χ2n) is 8.06. The fourth-order valence-electron chi connectivity index (χ4n) is 4.30. The van der Waals surface area contributed by atoms with Crippen LogP contribution in [0.25, 0.3) is 0 Å². The molecule has 7 heteroatoms. The van der Waals surface area contributed by atoms with E-state index in [0.717, 1.165) is 73.6 Å². The third-order valence-electron chi connectivity index (χ3n) is 6.06. The van der Waals surface area contributed by atoms with Gasteiger partial charge in [0, 0.05) is 57.0 Å². The first-order valence-electron chi connectivity index (χ1n) is 10.7. The van der Waals surface area contributed by atoms with E-state index in [-0.39, 0.29) is 5.91 Å². The third-order valence-corrected chi connectivity index (χ3v) is 6.60. The van der Waals surface area contributed by atoms with E-state index in [1.54, 1.807) is 11.8 Å². The predicted octanol–water partition coefficient (Wildman–Crippen LogP) is 3.03. The van der Waals surface area contributed by atoms with Gasteiger partial charge in [0.2, 0.25) is 5.91 Å². The van der Waals surface area contributed by atoms with Crippen molar-refractivity contribution < 1.29 is 9.53 Å². The lowest BCUT2D eigenvalue weighted by Crippen LogP contribution is -2.48. The van der Waals surface area contributed by atoms with Crippen molar-refractivity contribution in [3.63, 3.8) is 0 Å². The molecule has 2 aliphatic heterocycles. The number of amides is 1.